The summed E-state index contributed by atoms with van der Waals surface area (Å²) in [5.74, 6) is 0.0797. The number of hydrogen-bond donors (Lipinski definition) is 1. The third-order valence-corrected chi connectivity index (χ3v) is 10.4. The molecule has 1 aromatic heterocycles. The fraction of sp³-hybridized carbons (Fsp3) is 0.273. The first-order valence-corrected chi connectivity index (χ1v) is 12.2. The average Bonchev–Trinajstić information content (AvgIpc) is 2.74. The van der Waals surface area contributed by atoms with Crippen LogP contribution in [0.2, 0.25) is 10.2 Å². The lowest BCUT2D eigenvalue weighted by Crippen LogP contribution is -2.66. The third-order valence-electron chi connectivity index (χ3n) is 5.09. The minimum atomic E-state index is -2.67. The summed E-state index contributed by atoms with van der Waals surface area (Å²) in [6.45, 7) is 7.26. The molecule has 0 fully saturated rings. The topological polar surface area (TPSA) is 90.2 Å². The Morgan fingerprint density at radius 3 is 2.06 bits per heavy atom. The van der Waals surface area contributed by atoms with Crippen molar-refractivity contribution in [1.29, 1.82) is 0 Å². The molecule has 0 radical (unpaired) electrons. The van der Waals surface area contributed by atoms with Crippen LogP contribution in [-0.4, -0.2) is 36.4 Å². The summed E-state index contributed by atoms with van der Waals surface area (Å²) in [7, 11) is -2.67. The molecular weight excluding hydrogens is 432 g/mol. The van der Waals surface area contributed by atoms with Gasteiger partial charge in [0, 0.05) is 6.54 Å². The zero-order valence-electron chi connectivity index (χ0n) is 17.7. The molecule has 162 valence electrons. The maximum Gasteiger partial charge on any atom is 0.348 e. The predicted molar refractivity (Wildman–Crippen MR) is 126 cm³/mol. The minimum Gasteiger partial charge on any atom is -0.406 e. The van der Waals surface area contributed by atoms with E-state index in [4.69, 9.17) is 16.0 Å². The SMILES string of the molecule is CC(C)(C)[Si](OCCNc1ncnc(Cl)c1[N+](=O)[O-])(c1ccccc1)c1ccccc1. The largest absolute Gasteiger partial charge is 0.406 e. The molecule has 2 aromatic carbocycles. The summed E-state index contributed by atoms with van der Waals surface area (Å²) in [5.41, 5.74) is -0.338. The van der Waals surface area contributed by atoms with Crippen LogP contribution in [0.15, 0.2) is 67.0 Å². The second-order valence-corrected chi connectivity index (χ2v) is 12.7. The molecule has 0 spiro atoms. The summed E-state index contributed by atoms with van der Waals surface area (Å²) in [6.07, 6.45) is 1.20. The molecular formula is C22H25ClN4O3Si. The minimum absolute atomic E-state index is 0.0797. The highest BCUT2D eigenvalue weighted by atomic mass is 35.5. The summed E-state index contributed by atoms with van der Waals surface area (Å²) in [6, 6.07) is 20.6. The molecule has 7 nitrogen and oxygen atoms in total. The lowest BCUT2D eigenvalue weighted by atomic mass is 10.2. The lowest BCUT2D eigenvalue weighted by molar-refractivity contribution is -0.384. The van der Waals surface area contributed by atoms with E-state index >= 15 is 0 Å². The molecule has 0 unspecified atom stereocenters. The van der Waals surface area contributed by atoms with Crippen LogP contribution in [-0.2, 0) is 4.43 Å². The molecule has 3 aromatic rings. The Morgan fingerprint density at radius 1 is 1.03 bits per heavy atom. The van der Waals surface area contributed by atoms with Crippen molar-refractivity contribution in [3.8, 4) is 0 Å². The Kier molecular flexibility index (Phi) is 7.04. The van der Waals surface area contributed by atoms with Gasteiger partial charge in [-0.3, -0.25) is 10.1 Å². The standard InChI is InChI=1S/C22H25ClN4O3Si/c1-22(2,3)31(17-10-6-4-7-11-17,18-12-8-5-9-13-18)30-15-14-24-21-19(27(28)29)20(23)25-16-26-21/h4-13,16H,14-15H2,1-3H3,(H,24,25,26). The number of rotatable bonds is 8. The first-order valence-electron chi connectivity index (χ1n) is 9.91. The van der Waals surface area contributed by atoms with E-state index in [1.165, 1.54) is 16.7 Å². The van der Waals surface area contributed by atoms with Crippen molar-refractivity contribution < 1.29 is 9.35 Å². The van der Waals surface area contributed by atoms with E-state index < -0.39 is 13.2 Å². The van der Waals surface area contributed by atoms with Gasteiger partial charge < -0.3 is 9.74 Å². The van der Waals surface area contributed by atoms with Gasteiger partial charge in [0.15, 0.2) is 0 Å². The Bertz CT molecular complexity index is 990. The Morgan fingerprint density at radius 2 is 1.58 bits per heavy atom. The molecule has 0 bridgehead atoms. The number of benzene rings is 2. The van der Waals surface area contributed by atoms with E-state index in [0.717, 1.165) is 0 Å². The van der Waals surface area contributed by atoms with Gasteiger partial charge in [-0.2, -0.15) is 0 Å². The zero-order chi connectivity index (χ0) is 22.5. The van der Waals surface area contributed by atoms with Gasteiger partial charge in [-0.25, -0.2) is 9.97 Å². The second-order valence-electron chi connectivity index (χ2n) is 8.06. The molecule has 0 aliphatic carbocycles. The van der Waals surface area contributed by atoms with Gasteiger partial charge in [-0.1, -0.05) is 93.0 Å². The average molecular weight is 457 g/mol. The van der Waals surface area contributed by atoms with Crippen LogP contribution >= 0.6 is 11.6 Å². The van der Waals surface area contributed by atoms with Gasteiger partial charge in [0.05, 0.1) is 11.5 Å². The van der Waals surface area contributed by atoms with E-state index in [0.29, 0.717) is 13.2 Å². The van der Waals surface area contributed by atoms with E-state index in [9.17, 15) is 10.1 Å². The summed E-state index contributed by atoms with van der Waals surface area (Å²) in [5, 5.41) is 16.3. The van der Waals surface area contributed by atoms with Crippen LogP contribution in [0, 0.1) is 10.1 Å². The van der Waals surface area contributed by atoms with Gasteiger partial charge in [-0.15, -0.1) is 0 Å². The summed E-state index contributed by atoms with van der Waals surface area (Å²) in [4.78, 5) is 18.4. The fourth-order valence-electron chi connectivity index (χ4n) is 3.78. The number of nitrogens with one attached hydrogen (secondary N) is 1. The highest BCUT2D eigenvalue weighted by molar-refractivity contribution is 6.99. The van der Waals surface area contributed by atoms with Crippen molar-refractivity contribution in [3.05, 3.63) is 82.3 Å². The lowest BCUT2D eigenvalue weighted by Gasteiger charge is -2.43. The zero-order valence-corrected chi connectivity index (χ0v) is 19.5. The molecule has 1 N–H and O–H groups in total. The molecule has 0 aliphatic rings. The van der Waals surface area contributed by atoms with E-state index in [2.05, 4.69) is 60.3 Å². The maximum atomic E-state index is 11.3. The van der Waals surface area contributed by atoms with Crippen molar-refractivity contribution in [2.45, 2.75) is 25.8 Å². The number of aromatic nitrogens is 2. The quantitative estimate of drug-likeness (QED) is 0.181. The van der Waals surface area contributed by atoms with Crippen LogP contribution in [0.3, 0.4) is 0 Å². The molecule has 31 heavy (non-hydrogen) atoms. The smallest absolute Gasteiger partial charge is 0.348 e. The van der Waals surface area contributed by atoms with Crippen molar-refractivity contribution in [2.24, 2.45) is 0 Å². The highest BCUT2D eigenvalue weighted by Gasteiger charge is 2.50. The highest BCUT2D eigenvalue weighted by Crippen LogP contribution is 2.36. The summed E-state index contributed by atoms with van der Waals surface area (Å²) >= 11 is 5.87. The number of nitro groups is 1. The van der Waals surface area contributed by atoms with Crippen LogP contribution in [0.1, 0.15) is 20.8 Å². The number of hydrogen-bond acceptors (Lipinski definition) is 6. The van der Waals surface area contributed by atoms with Crippen molar-refractivity contribution in [1.82, 2.24) is 9.97 Å². The van der Waals surface area contributed by atoms with Gasteiger partial charge >= 0.3 is 5.69 Å². The molecule has 3 rings (SSSR count). The van der Waals surface area contributed by atoms with Crippen LogP contribution in [0.5, 0.6) is 0 Å². The molecule has 0 atom stereocenters. The van der Waals surface area contributed by atoms with Crippen LogP contribution < -0.4 is 15.7 Å². The Labute approximate surface area is 187 Å². The monoisotopic (exact) mass is 456 g/mol. The molecule has 1 heterocycles. The van der Waals surface area contributed by atoms with E-state index in [1.807, 2.05) is 36.4 Å². The van der Waals surface area contributed by atoms with Gasteiger partial charge in [0.25, 0.3) is 8.32 Å². The molecule has 0 aliphatic heterocycles. The molecule has 9 heteroatoms. The molecule has 0 saturated carbocycles. The Hall–Kier alpha value is -2.81. The number of halogens is 1. The normalized spacial score (nSPS) is 11.9. The van der Waals surface area contributed by atoms with Gasteiger partial charge in [-0.05, 0) is 15.4 Å². The summed E-state index contributed by atoms with van der Waals surface area (Å²) < 4.78 is 6.75. The predicted octanol–water partition coefficient (Wildman–Crippen LogP) is 4.03. The van der Waals surface area contributed by atoms with Crippen LogP contribution in [0.4, 0.5) is 11.5 Å². The van der Waals surface area contributed by atoms with Gasteiger partial charge in [0.1, 0.15) is 6.33 Å². The molecule has 0 saturated heterocycles. The number of nitrogens with zero attached hydrogens (tertiary/aromatic N) is 3. The third kappa shape index (κ3) is 4.76. The fourth-order valence-corrected chi connectivity index (χ4v) is 8.55. The molecule has 0 amide bonds. The van der Waals surface area contributed by atoms with Crippen molar-refractivity contribution in [3.63, 3.8) is 0 Å². The van der Waals surface area contributed by atoms with Crippen molar-refractivity contribution >= 4 is 41.8 Å². The first-order chi connectivity index (χ1) is 14.8. The van der Waals surface area contributed by atoms with Crippen molar-refractivity contribution in [2.75, 3.05) is 18.5 Å². The Balaban J connectivity index is 1.89. The maximum absolute atomic E-state index is 11.3. The first kappa shape index (κ1) is 22.9. The van der Waals surface area contributed by atoms with Gasteiger partial charge in [0.2, 0.25) is 11.0 Å². The van der Waals surface area contributed by atoms with E-state index in [-0.39, 0.29) is 21.7 Å². The second kappa shape index (κ2) is 9.55. The number of anilines is 1. The van der Waals surface area contributed by atoms with Crippen LogP contribution in [0.25, 0.3) is 0 Å². The van der Waals surface area contributed by atoms with E-state index in [1.54, 1.807) is 0 Å².